The second-order valence-electron chi connectivity index (χ2n) is 5.93. The van der Waals surface area contributed by atoms with Gasteiger partial charge in [0.25, 0.3) is 10.1 Å². The molecule has 0 aliphatic carbocycles. The number of carbonyl (C=O) groups is 2. The fraction of sp³-hybridized carbons (Fsp3) is 0.500. The lowest BCUT2D eigenvalue weighted by molar-refractivity contribution is -0.197. The summed E-state index contributed by atoms with van der Waals surface area (Å²) in [4.78, 5) is 24.6. The van der Waals surface area contributed by atoms with Crippen molar-refractivity contribution in [2.24, 2.45) is 0 Å². The summed E-state index contributed by atoms with van der Waals surface area (Å²) < 4.78 is 78.4. The molecule has 1 unspecified atom stereocenters. The SMILES string of the molecule is COC(=O)c1c(C)c(C)c(C)c(C)c1C(=O)OC(CS(=O)(=O)O)C(F)(F)F. The van der Waals surface area contributed by atoms with Crippen LogP contribution in [0.2, 0.25) is 0 Å². The molecule has 152 valence electrons. The van der Waals surface area contributed by atoms with E-state index in [1.54, 1.807) is 13.8 Å². The van der Waals surface area contributed by atoms with E-state index in [9.17, 15) is 31.2 Å². The van der Waals surface area contributed by atoms with E-state index in [1.807, 2.05) is 0 Å². The van der Waals surface area contributed by atoms with E-state index >= 15 is 0 Å². The molecule has 0 amide bonds. The van der Waals surface area contributed by atoms with Crippen LogP contribution >= 0.6 is 0 Å². The molecule has 27 heavy (non-hydrogen) atoms. The van der Waals surface area contributed by atoms with E-state index in [0.29, 0.717) is 16.7 Å². The van der Waals surface area contributed by atoms with E-state index in [-0.39, 0.29) is 11.1 Å². The predicted octanol–water partition coefficient (Wildman–Crippen LogP) is 2.68. The number of alkyl halides is 3. The van der Waals surface area contributed by atoms with Crippen LogP contribution in [0.5, 0.6) is 0 Å². The lowest BCUT2D eigenvalue weighted by Crippen LogP contribution is -2.40. The normalized spacial score (nSPS) is 13.2. The van der Waals surface area contributed by atoms with Gasteiger partial charge >= 0.3 is 18.1 Å². The van der Waals surface area contributed by atoms with Gasteiger partial charge in [-0.2, -0.15) is 21.6 Å². The summed E-state index contributed by atoms with van der Waals surface area (Å²) in [5.74, 6) is -4.37. The second-order valence-corrected chi connectivity index (χ2v) is 7.42. The van der Waals surface area contributed by atoms with Crippen LogP contribution in [-0.2, 0) is 19.6 Å². The largest absolute Gasteiger partial charge is 0.465 e. The van der Waals surface area contributed by atoms with Crippen LogP contribution in [0.1, 0.15) is 43.0 Å². The molecule has 1 atom stereocenters. The molecule has 0 spiro atoms. The molecule has 0 bridgehead atoms. The Hall–Kier alpha value is -2.14. The summed E-state index contributed by atoms with van der Waals surface area (Å²) >= 11 is 0. The van der Waals surface area contributed by atoms with Crippen LogP contribution in [-0.4, -0.2) is 50.1 Å². The van der Waals surface area contributed by atoms with Gasteiger partial charge < -0.3 is 9.47 Å². The Labute approximate surface area is 154 Å². The summed E-state index contributed by atoms with van der Waals surface area (Å²) in [5, 5.41) is 0. The molecular weight excluding hydrogens is 393 g/mol. The van der Waals surface area contributed by atoms with Crippen LogP contribution in [0.15, 0.2) is 0 Å². The number of ether oxygens (including phenoxy) is 2. The Morgan fingerprint density at radius 1 is 0.963 bits per heavy atom. The van der Waals surface area contributed by atoms with Crippen molar-refractivity contribution in [1.29, 1.82) is 0 Å². The predicted molar refractivity (Wildman–Crippen MR) is 88.4 cm³/mol. The topological polar surface area (TPSA) is 107 Å². The van der Waals surface area contributed by atoms with Crippen molar-refractivity contribution in [3.05, 3.63) is 33.4 Å². The molecule has 0 aliphatic heterocycles. The molecule has 0 aliphatic rings. The first-order chi connectivity index (χ1) is 12.1. The summed E-state index contributed by atoms with van der Waals surface area (Å²) in [6.45, 7) is 6.17. The molecule has 1 N–H and O–H groups in total. The zero-order chi connectivity index (χ0) is 21.3. The van der Waals surface area contributed by atoms with Gasteiger partial charge in [0.05, 0.1) is 18.2 Å². The van der Waals surface area contributed by atoms with Crippen LogP contribution in [0.4, 0.5) is 13.2 Å². The molecule has 0 saturated carbocycles. The standard InChI is InChI=1S/C16H19F3O7S/c1-7-8(2)10(4)13(12(9(7)3)14(20)25-5)15(21)26-11(16(17,18)19)6-27(22,23)24/h11H,6H2,1-5H3,(H,22,23,24). The number of methoxy groups -OCH3 is 1. The van der Waals surface area contributed by atoms with E-state index in [1.165, 1.54) is 13.8 Å². The molecule has 0 radical (unpaired) electrons. The number of carbonyl (C=O) groups excluding carboxylic acids is 2. The monoisotopic (exact) mass is 412 g/mol. The number of rotatable bonds is 5. The maximum atomic E-state index is 13.0. The van der Waals surface area contributed by atoms with Gasteiger partial charge in [-0.1, -0.05) is 0 Å². The van der Waals surface area contributed by atoms with E-state index < -0.39 is 45.7 Å². The Balaban J connectivity index is 3.55. The second kappa shape index (κ2) is 7.85. The average Bonchev–Trinajstić information content (AvgIpc) is 2.52. The Kier molecular flexibility index (Phi) is 6.66. The number of halogens is 3. The van der Waals surface area contributed by atoms with Gasteiger partial charge in [0, 0.05) is 0 Å². The molecule has 11 heteroatoms. The van der Waals surface area contributed by atoms with E-state index in [2.05, 4.69) is 9.47 Å². The number of hydrogen-bond acceptors (Lipinski definition) is 6. The first-order valence-electron chi connectivity index (χ1n) is 7.53. The molecule has 0 saturated heterocycles. The van der Waals surface area contributed by atoms with Crippen molar-refractivity contribution >= 4 is 22.1 Å². The maximum Gasteiger partial charge on any atom is 0.426 e. The van der Waals surface area contributed by atoms with Crippen LogP contribution in [0, 0.1) is 27.7 Å². The van der Waals surface area contributed by atoms with Crippen LogP contribution < -0.4 is 0 Å². The quantitative estimate of drug-likeness (QED) is 0.585. The summed E-state index contributed by atoms with van der Waals surface area (Å²) in [7, 11) is -4.05. The van der Waals surface area contributed by atoms with Gasteiger partial charge in [0.2, 0.25) is 6.10 Å². The Morgan fingerprint density at radius 2 is 1.37 bits per heavy atom. The maximum absolute atomic E-state index is 13.0. The lowest BCUT2D eigenvalue weighted by atomic mass is 9.89. The fourth-order valence-corrected chi connectivity index (χ4v) is 3.14. The molecule has 1 rings (SSSR count). The highest BCUT2D eigenvalue weighted by Gasteiger charge is 2.46. The number of benzene rings is 1. The van der Waals surface area contributed by atoms with Gasteiger partial charge in [-0.3, -0.25) is 4.55 Å². The van der Waals surface area contributed by atoms with E-state index in [4.69, 9.17) is 4.55 Å². The smallest absolute Gasteiger partial charge is 0.426 e. The zero-order valence-electron chi connectivity index (χ0n) is 15.2. The van der Waals surface area contributed by atoms with Crippen molar-refractivity contribution in [1.82, 2.24) is 0 Å². The molecule has 7 nitrogen and oxygen atoms in total. The highest BCUT2D eigenvalue weighted by molar-refractivity contribution is 7.85. The molecular formula is C16H19F3O7S. The first-order valence-corrected chi connectivity index (χ1v) is 9.14. The Bertz CT molecular complexity index is 873. The molecule has 0 aromatic heterocycles. The molecule has 1 aromatic carbocycles. The Morgan fingerprint density at radius 3 is 1.70 bits per heavy atom. The van der Waals surface area contributed by atoms with Gasteiger partial charge in [0.15, 0.2) is 0 Å². The van der Waals surface area contributed by atoms with Crippen molar-refractivity contribution in [3.8, 4) is 0 Å². The van der Waals surface area contributed by atoms with Crippen LogP contribution in [0.25, 0.3) is 0 Å². The minimum atomic E-state index is -5.25. The highest BCUT2D eigenvalue weighted by Crippen LogP contribution is 2.30. The minimum absolute atomic E-state index is 0.191. The van der Waals surface area contributed by atoms with Gasteiger partial charge in [-0.15, -0.1) is 0 Å². The molecule has 0 fully saturated rings. The van der Waals surface area contributed by atoms with Crippen LogP contribution in [0.3, 0.4) is 0 Å². The summed E-state index contributed by atoms with van der Waals surface area (Å²) in [6, 6.07) is 0. The molecule has 1 aromatic rings. The fourth-order valence-electron chi connectivity index (χ4n) is 2.50. The van der Waals surface area contributed by atoms with Crippen molar-refractivity contribution in [2.45, 2.75) is 40.0 Å². The van der Waals surface area contributed by atoms with Gasteiger partial charge in [-0.25, -0.2) is 9.59 Å². The zero-order valence-corrected chi connectivity index (χ0v) is 16.0. The lowest BCUT2D eigenvalue weighted by Gasteiger charge is -2.22. The van der Waals surface area contributed by atoms with Gasteiger partial charge in [0.1, 0.15) is 5.75 Å². The third-order valence-corrected chi connectivity index (χ3v) is 4.98. The average molecular weight is 412 g/mol. The number of esters is 2. The summed E-state index contributed by atoms with van der Waals surface area (Å²) in [6.07, 6.45) is -8.36. The van der Waals surface area contributed by atoms with Gasteiger partial charge in [-0.05, 0) is 49.9 Å². The highest BCUT2D eigenvalue weighted by atomic mass is 32.2. The number of hydrogen-bond donors (Lipinski definition) is 1. The third-order valence-electron chi connectivity index (χ3n) is 4.26. The van der Waals surface area contributed by atoms with E-state index in [0.717, 1.165) is 7.11 Å². The summed E-state index contributed by atoms with van der Waals surface area (Å²) in [5.41, 5.74) is 0.967. The third kappa shape index (κ3) is 5.19. The van der Waals surface area contributed by atoms with Crippen molar-refractivity contribution in [2.75, 3.05) is 12.9 Å². The van der Waals surface area contributed by atoms with Crippen molar-refractivity contribution < 1.29 is 45.2 Å². The first kappa shape index (κ1) is 22.9. The van der Waals surface area contributed by atoms with Crippen molar-refractivity contribution in [3.63, 3.8) is 0 Å². The molecule has 0 heterocycles. The minimum Gasteiger partial charge on any atom is -0.465 e.